The fourth-order valence-electron chi connectivity index (χ4n) is 2.93. The molecule has 0 aromatic rings. The Morgan fingerprint density at radius 2 is 1.42 bits per heavy atom. The van der Waals surface area contributed by atoms with E-state index in [-0.39, 0.29) is 14.9 Å². The van der Waals surface area contributed by atoms with E-state index >= 15 is 0 Å². The SMILES string of the molecule is C[SiH2]C(OCC(C)C)(OCC(C)C)C1CCCCC1. The van der Waals surface area contributed by atoms with Crippen molar-refractivity contribution in [2.75, 3.05) is 13.2 Å². The van der Waals surface area contributed by atoms with Crippen LogP contribution in [0.25, 0.3) is 0 Å². The molecule has 2 nitrogen and oxygen atoms in total. The van der Waals surface area contributed by atoms with Crippen LogP contribution in [0, 0.1) is 17.8 Å². The van der Waals surface area contributed by atoms with Crippen LogP contribution in [0.1, 0.15) is 59.8 Å². The molecule has 0 N–H and O–H groups in total. The van der Waals surface area contributed by atoms with E-state index in [1.54, 1.807) is 0 Å². The second-order valence-corrected chi connectivity index (χ2v) is 8.60. The van der Waals surface area contributed by atoms with Crippen LogP contribution < -0.4 is 0 Å². The molecule has 114 valence electrons. The topological polar surface area (TPSA) is 18.5 Å². The van der Waals surface area contributed by atoms with Crippen molar-refractivity contribution < 1.29 is 9.47 Å². The van der Waals surface area contributed by atoms with Crippen LogP contribution >= 0.6 is 0 Å². The summed E-state index contributed by atoms with van der Waals surface area (Å²) in [7, 11) is -0.354. The van der Waals surface area contributed by atoms with Crippen LogP contribution in [0.2, 0.25) is 6.55 Å². The Hall–Kier alpha value is 0.137. The van der Waals surface area contributed by atoms with Crippen molar-refractivity contribution in [2.24, 2.45) is 17.8 Å². The Bertz CT molecular complexity index is 223. The average molecular weight is 287 g/mol. The molecular formula is C16H34O2Si. The number of hydrogen-bond acceptors (Lipinski definition) is 2. The minimum Gasteiger partial charge on any atom is -0.354 e. The van der Waals surface area contributed by atoms with E-state index in [9.17, 15) is 0 Å². The Balaban J connectivity index is 2.71. The molecule has 0 atom stereocenters. The zero-order valence-corrected chi connectivity index (χ0v) is 15.1. The quantitative estimate of drug-likeness (QED) is 0.499. The van der Waals surface area contributed by atoms with Gasteiger partial charge in [0.1, 0.15) is 5.41 Å². The van der Waals surface area contributed by atoms with Crippen molar-refractivity contribution in [3.63, 3.8) is 0 Å². The van der Waals surface area contributed by atoms with Crippen molar-refractivity contribution in [3.05, 3.63) is 0 Å². The van der Waals surface area contributed by atoms with E-state index < -0.39 is 0 Å². The van der Waals surface area contributed by atoms with Crippen molar-refractivity contribution in [3.8, 4) is 0 Å². The van der Waals surface area contributed by atoms with Gasteiger partial charge < -0.3 is 9.47 Å². The molecule has 0 heterocycles. The fourth-order valence-corrected chi connectivity index (χ4v) is 4.56. The van der Waals surface area contributed by atoms with Gasteiger partial charge in [0.05, 0.1) is 22.7 Å². The first kappa shape index (κ1) is 17.2. The molecule has 1 fully saturated rings. The van der Waals surface area contributed by atoms with Crippen molar-refractivity contribution in [1.82, 2.24) is 0 Å². The van der Waals surface area contributed by atoms with Crippen LogP contribution in [-0.4, -0.2) is 28.1 Å². The van der Waals surface area contributed by atoms with E-state index in [1.165, 1.54) is 32.1 Å². The van der Waals surface area contributed by atoms with Gasteiger partial charge in [-0.15, -0.1) is 0 Å². The molecule has 0 radical (unpaired) electrons. The van der Waals surface area contributed by atoms with Crippen LogP contribution in [-0.2, 0) is 9.47 Å². The maximum absolute atomic E-state index is 6.37. The number of hydrogen-bond donors (Lipinski definition) is 0. The fraction of sp³-hybridized carbons (Fsp3) is 1.00. The maximum Gasteiger partial charge on any atom is 0.147 e. The van der Waals surface area contributed by atoms with E-state index in [1.807, 2.05) is 0 Å². The van der Waals surface area contributed by atoms with Gasteiger partial charge in [-0.2, -0.15) is 0 Å². The molecule has 0 bridgehead atoms. The second-order valence-electron chi connectivity index (χ2n) is 6.91. The summed E-state index contributed by atoms with van der Waals surface area (Å²) >= 11 is 0. The molecule has 0 aromatic carbocycles. The lowest BCUT2D eigenvalue weighted by atomic mass is 9.88. The summed E-state index contributed by atoms with van der Waals surface area (Å²) in [4.78, 5) is 0. The van der Waals surface area contributed by atoms with Gasteiger partial charge in [0, 0.05) is 5.92 Å². The minimum absolute atomic E-state index is 0.186. The van der Waals surface area contributed by atoms with E-state index in [2.05, 4.69) is 34.2 Å². The summed E-state index contributed by atoms with van der Waals surface area (Å²) in [6.45, 7) is 13.0. The predicted octanol–water partition coefficient (Wildman–Crippen LogP) is 3.78. The Labute approximate surface area is 122 Å². The first-order valence-corrected chi connectivity index (χ1v) is 10.4. The van der Waals surface area contributed by atoms with Crippen LogP contribution in [0.3, 0.4) is 0 Å². The molecule has 0 aromatic heterocycles. The molecule has 0 unspecified atom stereocenters. The molecule has 0 saturated heterocycles. The molecule has 1 saturated carbocycles. The Morgan fingerprint density at radius 3 is 1.79 bits per heavy atom. The second kappa shape index (κ2) is 8.43. The average Bonchev–Trinajstić information content (AvgIpc) is 2.40. The third kappa shape index (κ3) is 5.56. The molecule has 19 heavy (non-hydrogen) atoms. The highest BCUT2D eigenvalue weighted by atomic mass is 28.2. The van der Waals surface area contributed by atoms with E-state index in [0.717, 1.165) is 13.2 Å². The van der Waals surface area contributed by atoms with Gasteiger partial charge in [-0.25, -0.2) is 0 Å². The van der Waals surface area contributed by atoms with Crippen molar-refractivity contribution >= 4 is 9.52 Å². The molecule has 0 amide bonds. The molecule has 1 aliphatic carbocycles. The van der Waals surface area contributed by atoms with Gasteiger partial charge in [0.25, 0.3) is 0 Å². The van der Waals surface area contributed by atoms with Crippen molar-refractivity contribution in [1.29, 1.82) is 0 Å². The predicted molar refractivity (Wildman–Crippen MR) is 85.3 cm³/mol. The largest absolute Gasteiger partial charge is 0.354 e. The van der Waals surface area contributed by atoms with Crippen LogP contribution in [0.4, 0.5) is 0 Å². The first-order chi connectivity index (χ1) is 9.00. The highest BCUT2D eigenvalue weighted by Gasteiger charge is 2.40. The summed E-state index contributed by atoms with van der Waals surface area (Å²) in [6, 6.07) is 0. The number of ether oxygens (including phenoxy) is 2. The maximum atomic E-state index is 6.37. The summed E-state index contributed by atoms with van der Waals surface area (Å²) in [5.41, 5.74) is -0.186. The summed E-state index contributed by atoms with van der Waals surface area (Å²) in [5.74, 6) is 1.83. The van der Waals surface area contributed by atoms with Crippen molar-refractivity contribution in [2.45, 2.75) is 71.8 Å². The number of rotatable bonds is 8. The lowest BCUT2D eigenvalue weighted by Gasteiger charge is -2.42. The summed E-state index contributed by atoms with van der Waals surface area (Å²) in [5, 5.41) is 0. The first-order valence-electron chi connectivity index (χ1n) is 8.28. The monoisotopic (exact) mass is 286 g/mol. The van der Waals surface area contributed by atoms with Gasteiger partial charge in [-0.1, -0.05) is 53.5 Å². The highest BCUT2D eigenvalue weighted by molar-refractivity contribution is 6.37. The van der Waals surface area contributed by atoms with Crippen LogP contribution in [0.5, 0.6) is 0 Å². The van der Waals surface area contributed by atoms with Crippen LogP contribution in [0.15, 0.2) is 0 Å². The molecule has 0 aliphatic heterocycles. The summed E-state index contributed by atoms with van der Waals surface area (Å²) < 4.78 is 12.7. The van der Waals surface area contributed by atoms with Gasteiger partial charge in [-0.3, -0.25) is 0 Å². The molecule has 1 rings (SSSR count). The lowest BCUT2D eigenvalue weighted by molar-refractivity contribution is -0.225. The molecule has 0 spiro atoms. The van der Waals surface area contributed by atoms with Gasteiger partial charge in [-0.05, 0) is 24.7 Å². The van der Waals surface area contributed by atoms with Gasteiger partial charge in [0.15, 0.2) is 0 Å². The third-order valence-electron chi connectivity index (χ3n) is 4.04. The van der Waals surface area contributed by atoms with Gasteiger partial charge in [0.2, 0.25) is 0 Å². The molecular weight excluding hydrogens is 252 g/mol. The third-order valence-corrected chi connectivity index (χ3v) is 6.01. The smallest absolute Gasteiger partial charge is 0.147 e. The minimum atomic E-state index is -0.354. The summed E-state index contributed by atoms with van der Waals surface area (Å²) in [6.07, 6.45) is 6.72. The highest BCUT2D eigenvalue weighted by Crippen LogP contribution is 2.36. The standard InChI is InChI=1S/C16H34O2Si/c1-13(2)11-17-16(19-5,18-12-14(3)4)15-9-7-6-8-10-15/h13-15H,6-12,19H2,1-5H3. The zero-order valence-electron chi connectivity index (χ0n) is 13.7. The Morgan fingerprint density at radius 1 is 0.947 bits per heavy atom. The van der Waals surface area contributed by atoms with E-state index in [0.29, 0.717) is 17.8 Å². The van der Waals surface area contributed by atoms with Gasteiger partial charge >= 0.3 is 0 Å². The zero-order chi connectivity index (χ0) is 14.3. The Kier molecular flexibility index (Phi) is 7.63. The normalized spacial score (nSPS) is 19.1. The molecule has 3 heteroatoms. The molecule has 1 aliphatic rings. The lowest BCUT2D eigenvalue weighted by Crippen LogP contribution is -2.50. The van der Waals surface area contributed by atoms with E-state index in [4.69, 9.17) is 9.47 Å².